The Morgan fingerprint density at radius 1 is 0.780 bits per heavy atom. The Balaban J connectivity index is 1.57. The molecule has 4 aromatic rings. The lowest BCUT2D eigenvalue weighted by atomic mass is 9.92. The number of fused-ring (bicyclic) bond motifs is 1. The fraction of sp³-hybridized carbons (Fsp3) is 0.333. The van der Waals surface area contributed by atoms with Crippen molar-refractivity contribution < 1.29 is 14.7 Å². The first-order chi connectivity index (χ1) is 19.3. The number of rotatable bonds is 8. The van der Waals surface area contributed by atoms with Gasteiger partial charge in [-0.25, -0.2) is 0 Å². The molecule has 5 heteroatoms. The Morgan fingerprint density at radius 2 is 1.41 bits per heavy atom. The highest BCUT2D eigenvalue weighted by Crippen LogP contribution is 2.28. The molecule has 0 radical (unpaired) electrons. The molecule has 1 unspecified atom stereocenters. The summed E-state index contributed by atoms with van der Waals surface area (Å²) < 4.78 is 0. The summed E-state index contributed by atoms with van der Waals surface area (Å²) in [5.74, 6) is -0.208. The molecular formula is C36H42N2O3. The number of hydrogen-bond acceptors (Lipinski definition) is 3. The monoisotopic (exact) mass is 550 g/mol. The number of carbonyl (C=O) groups is 2. The zero-order valence-electron chi connectivity index (χ0n) is 25.1. The minimum Gasteiger partial charge on any atom is -0.393 e. The van der Waals surface area contributed by atoms with Gasteiger partial charge in [-0.2, -0.15) is 0 Å². The first kappa shape index (κ1) is 30.0. The van der Waals surface area contributed by atoms with Crippen molar-refractivity contribution in [3.8, 4) is 0 Å². The summed E-state index contributed by atoms with van der Waals surface area (Å²) in [4.78, 5) is 29.1. The molecule has 41 heavy (non-hydrogen) atoms. The van der Waals surface area contributed by atoms with Crippen molar-refractivity contribution in [1.82, 2.24) is 5.32 Å². The average molecular weight is 551 g/mol. The van der Waals surface area contributed by atoms with Crippen LogP contribution in [0.15, 0.2) is 91.0 Å². The highest BCUT2D eigenvalue weighted by atomic mass is 16.3. The summed E-state index contributed by atoms with van der Waals surface area (Å²) in [5, 5.41) is 16.2. The second kappa shape index (κ2) is 12.3. The summed E-state index contributed by atoms with van der Waals surface area (Å²) >= 11 is 0. The van der Waals surface area contributed by atoms with Gasteiger partial charge in [-0.15, -0.1) is 0 Å². The van der Waals surface area contributed by atoms with Crippen LogP contribution in [0.1, 0.15) is 79.8 Å². The number of anilines is 1. The number of aryl methyl sites for hydroxylation is 1. The normalized spacial score (nSPS) is 12.7. The minimum absolute atomic E-state index is 0.0952. The van der Waals surface area contributed by atoms with Crippen molar-refractivity contribution in [1.29, 1.82) is 0 Å². The van der Waals surface area contributed by atoms with Crippen LogP contribution in [0.2, 0.25) is 0 Å². The molecule has 5 nitrogen and oxygen atoms in total. The van der Waals surface area contributed by atoms with Gasteiger partial charge in [0.15, 0.2) is 0 Å². The number of para-hydroxylation sites is 1. The molecule has 214 valence electrons. The van der Waals surface area contributed by atoms with Crippen molar-refractivity contribution in [2.24, 2.45) is 0 Å². The van der Waals surface area contributed by atoms with Gasteiger partial charge in [0, 0.05) is 22.3 Å². The molecule has 4 aromatic carbocycles. The zero-order chi connectivity index (χ0) is 29.8. The van der Waals surface area contributed by atoms with E-state index in [0.29, 0.717) is 30.4 Å². The van der Waals surface area contributed by atoms with E-state index < -0.39 is 11.6 Å². The van der Waals surface area contributed by atoms with Crippen molar-refractivity contribution in [3.05, 3.63) is 113 Å². The molecule has 2 amide bonds. The SMILES string of the molecule is CC(C)(C)NC(=O)c1c(CCC(O)Cc2ccccc2C(=O)N(c2ccccc2)C(C)(C)C)ccc2ccccc12. The molecule has 0 aliphatic carbocycles. The molecule has 0 aliphatic heterocycles. The van der Waals surface area contributed by atoms with E-state index in [0.717, 1.165) is 27.6 Å². The van der Waals surface area contributed by atoms with E-state index in [1.165, 1.54) is 0 Å². The Bertz CT molecular complexity index is 1510. The third-order valence-corrected chi connectivity index (χ3v) is 7.07. The number of aliphatic hydroxyl groups is 1. The van der Waals surface area contributed by atoms with Gasteiger partial charge in [-0.3, -0.25) is 9.59 Å². The van der Waals surface area contributed by atoms with Crippen LogP contribution in [0.3, 0.4) is 0 Å². The van der Waals surface area contributed by atoms with E-state index in [1.807, 2.05) is 137 Å². The minimum atomic E-state index is -0.686. The molecule has 0 saturated carbocycles. The topological polar surface area (TPSA) is 69.6 Å². The standard InChI is InChI=1S/C36H42N2O3/c1-35(2,3)37-33(40)32-26(21-20-25-14-10-12-18-30(25)32)22-23-29(39)24-27-15-11-13-19-31(27)34(41)38(36(4,5)6)28-16-8-7-9-17-28/h7-21,29,39H,22-24H2,1-6H3,(H,37,40). The first-order valence-corrected chi connectivity index (χ1v) is 14.3. The molecule has 0 fully saturated rings. The van der Waals surface area contributed by atoms with E-state index >= 15 is 0 Å². The second-order valence-electron chi connectivity index (χ2n) is 12.7. The lowest BCUT2D eigenvalue weighted by molar-refractivity contribution is 0.0917. The van der Waals surface area contributed by atoms with E-state index in [4.69, 9.17) is 0 Å². The molecular weight excluding hydrogens is 508 g/mol. The van der Waals surface area contributed by atoms with E-state index in [9.17, 15) is 14.7 Å². The first-order valence-electron chi connectivity index (χ1n) is 14.3. The van der Waals surface area contributed by atoms with Crippen LogP contribution >= 0.6 is 0 Å². The van der Waals surface area contributed by atoms with Gasteiger partial charge >= 0.3 is 0 Å². The number of nitrogens with one attached hydrogen (secondary N) is 1. The van der Waals surface area contributed by atoms with Gasteiger partial charge in [0.05, 0.1) is 11.7 Å². The Labute approximate surface area is 244 Å². The summed E-state index contributed by atoms with van der Waals surface area (Å²) in [7, 11) is 0. The van der Waals surface area contributed by atoms with Crippen molar-refractivity contribution >= 4 is 28.3 Å². The fourth-order valence-electron chi connectivity index (χ4n) is 5.29. The van der Waals surface area contributed by atoms with Gasteiger partial charge in [-0.1, -0.05) is 72.8 Å². The molecule has 2 N–H and O–H groups in total. The van der Waals surface area contributed by atoms with Gasteiger partial charge in [0.25, 0.3) is 11.8 Å². The molecule has 1 atom stereocenters. The molecule has 0 aliphatic rings. The van der Waals surface area contributed by atoms with Gasteiger partial charge in [0.2, 0.25) is 0 Å². The van der Waals surface area contributed by atoms with Crippen LogP contribution in [0.4, 0.5) is 5.69 Å². The Hall–Kier alpha value is -3.96. The van der Waals surface area contributed by atoms with E-state index in [-0.39, 0.29) is 17.4 Å². The molecule has 0 heterocycles. The quantitative estimate of drug-likeness (QED) is 0.241. The molecule has 4 rings (SSSR count). The maximum absolute atomic E-state index is 13.9. The number of amides is 2. The third-order valence-electron chi connectivity index (χ3n) is 7.07. The molecule has 0 aromatic heterocycles. The fourth-order valence-corrected chi connectivity index (χ4v) is 5.29. The maximum Gasteiger partial charge on any atom is 0.259 e. The molecule has 0 spiro atoms. The number of aliphatic hydroxyl groups excluding tert-OH is 1. The van der Waals surface area contributed by atoms with E-state index in [1.54, 1.807) is 0 Å². The van der Waals surface area contributed by atoms with Crippen molar-refractivity contribution in [2.45, 2.75) is 78.0 Å². The lowest BCUT2D eigenvalue weighted by Crippen LogP contribution is -2.46. The highest BCUT2D eigenvalue weighted by Gasteiger charge is 2.30. The second-order valence-corrected chi connectivity index (χ2v) is 12.7. The molecule has 0 saturated heterocycles. The summed E-state index contributed by atoms with van der Waals surface area (Å²) in [6, 6.07) is 29.1. The summed E-state index contributed by atoms with van der Waals surface area (Å²) in [6.45, 7) is 12.0. The van der Waals surface area contributed by atoms with Gasteiger partial charge in [-0.05, 0) is 101 Å². The molecule has 0 bridgehead atoms. The van der Waals surface area contributed by atoms with Crippen LogP contribution in [0.25, 0.3) is 10.8 Å². The van der Waals surface area contributed by atoms with Crippen LogP contribution in [0, 0.1) is 0 Å². The smallest absolute Gasteiger partial charge is 0.259 e. The van der Waals surface area contributed by atoms with Crippen LogP contribution in [-0.2, 0) is 12.8 Å². The van der Waals surface area contributed by atoms with Crippen LogP contribution in [-0.4, -0.2) is 34.1 Å². The summed E-state index contributed by atoms with van der Waals surface area (Å²) in [6.07, 6.45) is 0.644. The van der Waals surface area contributed by atoms with Crippen LogP contribution < -0.4 is 10.2 Å². The zero-order valence-corrected chi connectivity index (χ0v) is 25.1. The van der Waals surface area contributed by atoms with E-state index in [2.05, 4.69) is 5.32 Å². The van der Waals surface area contributed by atoms with Crippen molar-refractivity contribution in [3.63, 3.8) is 0 Å². The van der Waals surface area contributed by atoms with Crippen LogP contribution in [0.5, 0.6) is 0 Å². The predicted molar refractivity (Wildman–Crippen MR) is 169 cm³/mol. The average Bonchev–Trinajstić information content (AvgIpc) is 2.90. The number of nitrogens with zero attached hydrogens (tertiary/aromatic N) is 1. The largest absolute Gasteiger partial charge is 0.393 e. The number of carbonyl (C=O) groups excluding carboxylic acids is 2. The maximum atomic E-state index is 13.9. The summed E-state index contributed by atoms with van der Waals surface area (Å²) in [5.41, 5.74) is 2.96. The number of benzene rings is 4. The number of hydrogen-bond donors (Lipinski definition) is 2. The Kier molecular flexibility index (Phi) is 8.98. The van der Waals surface area contributed by atoms with Crippen molar-refractivity contribution in [2.75, 3.05) is 4.90 Å². The third kappa shape index (κ3) is 7.42. The van der Waals surface area contributed by atoms with Gasteiger partial charge < -0.3 is 15.3 Å². The lowest BCUT2D eigenvalue weighted by Gasteiger charge is -2.36. The Morgan fingerprint density at radius 3 is 2.10 bits per heavy atom. The van der Waals surface area contributed by atoms with Gasteiger partial charge in [0.1, 0.15) is 0 Å². The highest BCUT2D eigenvalue weighted by molar-refractivity contribution is 6.09. The predicted octanol–water partition coefficient (Wildman–Crippen LogP) is 7.35.